The van der Waals surface area contributed by atoms with Crippen molar-refractivity contribution < 1.29 is 9.53 Å². The molecule has 1 rings (SSSR count). The van der Waals surface area contributed by atoms with E-state index in [0.717, 1.165) is 0 Å². The first kappa shape index (κ1) is 12.5. The molecule has 0 aliphatic rings. The highest BCUT2D eigenvalue weighted by Gasteiger charge is 2.07. The molecule has 0 amide bonds. The Bertz CT molecular complexity index is 373. The average Bonchev–Trinajstić information content (AvgIpc) is 2.28. The van der Waals surface area contributed by atoms with Crippen molar-refractivity contribution in [2.45, 2.75) is 6.92 Å². The molecular formula is C9H13ClN4O2. The summed E-state index contributed by atoms with van der Waals surface area (Å²) in [6, 6.07) is 0. The summed E-state index contributed by atoms with van der Waals surface area (Å²) in [5.74, 6) is 0.466. The van der Waals surface area contributed by atoms with Crippen LogP contribution in [0.2, 0.25) is 5.02 Å². The van der Waals surface area contributed by atoms with E-state index in [0.29, 0.717) is 23.4 Å². The molecule has 6 nitrogen and oxygen atoms in total. The molecule has 2 N–H and O–H groups in total. The van der Waals surface area contributed by atoms with E-state index in [1.807, 2.05) is 0 Å². The van der Waals surface area contributed by atoms with E-state index >= 15 is 0 Å². The van der Waals surface area contributed by atoms with Crippen LogP contribution in [-0.2, 0) is 9.53 Å². The largest absolute Gasteiger partial charge is 0.465 e. The molecule has 0 radical (unpaired) electrons. The number of esters is 1. The zero-order chi connectivity index (χ0) is 12.0. The summed E-state index contributed by atoms with van der Waals surface area (Å²) in [4.78, 5) is 19.1. The van der Waals surface area contributed by atoms with Gasteiger partial charge in [-0.3, -0.25) is 4.79 Å². The van der Waals surface area contributed by atoms with Crippen molar-refractivity contribution in [3.63, 3.8) is 0 Å². The maximum Gasteiger partial charge on any atom is 0.325 e. The minimum absolute atomic E-state index is 0.0216. The maximum atomic E-state index is 11.1. The summed E-state index contributed by atoms with van der Waals surface area (Å²) >= 11 is 5.85. The molecule has 0 bridgehead atoms. The van der Waals surface area contributed by atoms with Crippen molar-refractivity contribution in [2.75, 3.05) is 30.8 Å². The summed E-state index contributed by atoms with van der Waals surface area (Å²) in [5.41, 5.74) is 0. The number of halogens is 1. The number of carbonyl (C=O) groups excluding carboxylic acids is 1. The van der Waals surface area contributed by atoms with Crippen LogP contribution >= 0.6 is 11.6 Å². The Kier molecular flexibility index (Phi) is 4.78. The Morgan fingerprint density at radius 2 is 2.38 bits per heavy atom. The first-order valence-electron chi connectivity index (χ1n) is 4.77. The second-order valence-electron chi connectivity index (χ2n) is 2.80. The number of anilines is 2. The minimum atomic E-state index is -0.358. The number of nitrogens with one attached hydrogen (secondary N) is 2. The SMILES string of the molecule is CCOC(=O)CNc1nc(NC)ncc1Cl. The highest BCUT2D eigenvalue weighted by atomic mass is 35.5. The highest BCUT2D eigenvalue weighted by Crippen LogP contribution is 2.18. The lowest BCUT2D eigenvalue weighted by Crippen LogP contribution is -2.17. The number of hydrogen-bond acceptors (Lipinski definition) is 6. The molecule has 88 valence electrons. The van der Waals surface area contributed by atoms with Gasteiger partial charge in [-0.15, -0.1) is 0 Å². The Balaban J connectivity index is 2.62. The quantitative estimate of drug-likeness (QED) is 0.757. The average molecular weight is 245 g/mol. The molecule has 0 saturated carbocycles. The lowest BCUT2D eigenvalue weighted by atomic mass is 10.5. The molecule has 1 aromatic heterocycles. The van der Waals surface area contributed by atoms with E-state index in [4.69, 9.17) is 16.3 Å². The first-order valence-corrected chi connectivity index (χ1v) is 5.15. The molecule has 0 aromatic carbocycles. The van der Waals surface area contributed by atoms with Gasteiger partial charge in [0.2, 0.25) is 5.95 Å². The van der Waals surface area contributed by atoms with E-state index < -0.39 is 0 Å². The third-order valence-corrected chi connectivity index (χ3v) is 1.95. The zero-order valence-corrected chi connectivity index (χ0v) is 9.84. The number of hydrogen-bond donors (Lipinski definition) is 2. The summed E-state index contributed by atoms with van der Waals surface area (Å²) < 4.78 is 4.76. The summed E-state index contributed by atoms with van der Waals surface area (Å²) in [7, 11) is 1.69. The number of aromatic nitrogens is 2. The fourth-order valence-corrected chi connectivity index (χ4v) is 1.14. The van der Waals surface area contributed by atoms with Gasteiger partial charge in [0, 0.05) is 7.05 Å². The predicted molar refractivity (Wildman–Crippen MR) is 61.7 cm³/mol. The van der Waals surface area contributed by atoms with Crippen molar-refractivity contribution >= 4 is 29.3 Å². The van der Waals surface area contributed by atoms with Crippen molar-refractivity contribution in [3.05, 3.63) is 11.2 Å². The molecule has 0 aliphatic carbocycles. The third-order valence-electron chi connectivity index (χ3n) is 1.67. The Hall–Kier alpha value is -1.56. The first-order chi connectivity index (χ1) is 7.67. The molecule has 16 heavy (non-hydrogen) atoms. The van der Waals surface area contributed by atoms with E-state index in [2.05, 4.69) is 20.6 Å². The summed E-state index contributed by atoms with van der Waals surface area (Å²) in [5, 5.41) is 5.90. The maximum absolute atomic E-state index is 11.1. The van der Waals surface area contributed by atoms with Gasteiger partial charge in [-0.2, -0.15) is 4.98 Å². The lowest BCUT2D eigenvalue weighted by Gasteiger charge is -2.07. The predicted octanol–water partition coefficient (Wildman–Crippen LogP) is 1.15. The monoisotopic (exact) mass is 244 g/mol. The van der Waals surface area contributed by atoms with Gasteiger partial charge < -0.3 is 15.4 Å². The zero-order valence-electron chi connectivity index (χ0n) is 9.08. The number of carbonyl (C=O) groups is 1. The summed E-state index contributed by atoms with van der Waals surface area (Å²) in [6.07, 6.45) is 1.45. The van der Waals surface area contributed by atoms with E-state index in [9.17, 15) is 4.79 Å². The van der Waals surface area contributed by atoms with Gasteiger partial charge in [0.1, 0.15) is 11.6 Å². The van der Waals surface area contributed by atoms with Gasteiger partial charge in [-0.25, -0.2) is 4.98 Å². The van der Waals surface area contributed by atoms with Gasteiger partial charge in [0.25, 0.3) is 0 Å². The second-order valence-corrected chi connectivity index (χ2v) is 3.21. The van der Waals surface area contributed by atoms with E-state index in [1.165, 1.54) is 6.20 Å². The molecule has 1 aromatic rings. The van der Waals surface area contributed by atoms with Crippen LogP contribution in [0.5, 0.6) is 0 Å². The van der Waals surface area contributed by atoms with Crippen molar-refractivity contribution in [3.8, 4) is 0 Å². The Labute approximate surface area is 98.4 Å². The third kappa shape index (κ3) is 3.54. The van der Waals surface area contributed by atoms with Crippen LogP contribution in [0, 0.1) is 0 Å². The second kappa shape index (κ2) is 6.12. The molecule has 1 heterocycles. The normalized spacial score (nSPS) is 9.69. The van der Waals surface area contributed by atoms with Gasteiger partial charge in [0.05, 0.1) is 12.8 Å². The molecule has 0 aliphatic heterocycles. The van der Waals surface area contributed by atoms with Crippen LogP contribution < -0.4 is 10.6 Å². The molecule has 0 unspecified atom stereocenters. The van der Waals surface area contributed by atoms with Crippen LogP contribution in [0.3, 0.4) is 0 Å². The highest BCUT2D eigenvalue weighted by molar-refractivity contribution is 6.32. The van der Waals surface area contributed by atoms with Gasteiger partial charge >= 0.3 is 5.97 Å². The van der Waals surface area contributed by atoms with Crippen LogP contribution in [0.1, 0.15) is 6.92 Å². The van der Waals surface area contributed by atoms with Crippen molar-refractivity contribution in [2.24, 2.45) is 0 Å². The molecule has 0 fully saturated rings. The van der Waals surface area contributed by atoms with Crippen molar-refractivity contribution in [1.82, 2.24) is 9.97 Å². The Morgan fingerprint density at radius 1 is 1.62 bits per heavy atom. The van der Waals surface area contributed by atoms with Crippen LogP contribution in [0.25, 0.3) is 0 Å². The summed E-state index contributed by atoms with van der Waals surface area (Å²) in [6.45, 7) is 2.11. The number of rotatable bonds is 5. The lowest BCUT2D eigenvalue weighted by molar-refractivity contribution is -0.140. The molecular weight excluding hydrogens is 232 g/mol. The molecule has 0 spiro atoms. The fraction of sp³-hybridized carbons (Fsp3) is 0.444. The molecule has 0 atom stereocenters. The topological polar surface area (TPSA) is 76.1 Å². The van der Waals surface area contributed by atoms with Gasteiger partial charge in [-0.1, -0.05) is 11.6 Å². The number of ether oxygens (including phenoxy) is 1. The van der Waals surface area contributed by atoms with Gasteiger partial charge in [-0.05, 0) is 6.92 Å². The number of nitrogens with zero attached hydrogens (tertiary/aromatic N) is 2. The Morgan fingerprint density at radius 3 is 3.00 bits per heavy atom. The van der Waals surface area contributed by atoms with Crippen LogP contribution in [0.4, 0.5) is 11.8 Å². The van der Waals surface area contributed by atoms with Gasteiger partial charge in [0.15, 0.2) is 5.82 Å². The molecule has 0 saturated heterocycles. The smallest absolute Gasteiger partial charge is 0.325 e. The minimum Gasteiger partial charge on any atom is -0.465 e. The van der Waals surface area contributed by atoms with Crippen LogP contribution in [0.15, 0.2) is 6.20 Å². The van der Waals surface area contributed by atoms with Crippen molar-refractivity contribution in [1.29, 1.82) is 0 Å². The molecule has 7 heteroatoms. The van der Waals surface area contributed by atoms with E-state index in [1.54, 1.807) is 14.0 Å². The van der Waals surface area contributed by atoms with Crippen LogP contribution in [-0.4, -0.2) is 36.1 Å². The van der Waals surface area contributed by atoms with E-state index in [-0.39, 0.29) is 12.5 Å². The standard InChI is InChI=1S/C9H13ClN4O2/c1-3-16-7(15)5-12-8-6(10)4-13-9(11-2)14-8/h4H,3,5H2,1-2H3,(H2,11,12,13,14). The fourth-order valence-electron chi connectivity index (χ4n) is 0.979.